The summed E-state index contributed by atoms with van der Waals surface area (Å²) in [4.78, 5) is 27.1. The van der Waals surface area contributed by atoms with Gasteiger partial charge in [0.15, 0.2) is 0 Å². The van der Waals surface area contributed by atoms with E-state index >= 15 is 0 Å². The van der Waals surface area contributed by atoms with Gasteiger partial charge in [-0.2, -0.15) is 5.10 Å². The Kier molecular flexibility index (Phi) is 6.01. The standard InChI is InChI=1S/C21H20F2N4O2/c1-3-26(4-2)21(29)17-13-24-27(15-8-6-5-7-9-15)19(17)25-20(28)16-12-14(22)10-11-18(16)23/h5-13H,3-4H2,1-2H3,(H,25,28). The summed E-state index contributed by atoms with van der Waals surface area (Å²) >= 11 is 0. The zero-order valence-electron chi connectivity index (χ0n) is 16.0. The van der Waals surface area contributed by atoms with Crippen LogP contribution in [-0.2, 0) is 0 Å². The van der Waals surface area contributed by atoms with Crippen LogP contribution in [0.1, 0.15) is 34.6 Å². The molecule has 0 radical (unpaired) electrons. The van der Waals surface area contributed by atoms with Gasteiger partial charge in [-0.05, 0) is 44.2 Å². The number of aromatic nitrogens is 2. The fourth-order valence-electron chi connectivity index (χ4n) is 2.92. The van der Waals surface area contributed by atoms with E-state index in [9.17, 15) is 18.4 Å². The minimum absolute atomic E-state index is 0.0850. The number of rotatable bonds is 6. The van der Waals surface area contributed by atoms with Crippen LogP contribution in [0.5, 0.6) is 0 Å². The predicted molar refractivity (Wildman–Crippen MR) is 105 cm³/mol. The summed E-state index contributed by atoms with van der Waals surface area (Å²) in [7, 11) is 0. The lowest BCUT2D eigenvalue weighted by molar-refractivity contribution is 0.0774. The second-order valence-electron chi connectivity index (χ2n) is 6.21. The molecular formula is C21H20F2N4O2. The summed E-state index contributed by atoms with van der Waals surface area (Å²) in [6.45, 7) is 4.61. The van der Waals surface area contributed by atoms with E-state index in [4.69, 9.17) is 0 Å². The van der Waals surface area contributed by atoms with Crippen LogP contribution in [-0.4, -0.2) is 39.6 Å². The molecule has 0 aliphatic heterocycles. The molecule has 2 amide bonds. The van der Waals surface area contributed by atoms with Gasteiger partial charge < -0.3 is 10.2 Å². The van der Waals surface area contributed by atoms with Crippen molar-refractivity contribution >= 4 is 17.6 Å². The highest BCUT2D eigenvalue weighted by molar-refractivity contribution is 6.08. The number of carbonyl (C=O) groups is 2. The van der Waals surface area contributed by atoms with Crippen molar-refractivity contribution in [2.75, 3.05) is 18.4 Å². The molecule has 6 nitrogen and oxygen atoms in total. The number of para-hydroxylation sites is 1. The molecule has 1 aromatic heterocycles. The van der Waals surface area contributed by atoms with Crippen molar-refractivity contribution in [3.05, 3.63) is 77.5 Å². The van der Waals surface area contributed by atoms with Gasteiger partial charge in [0.1, 0.15) is 23.0 Å². The third-order valence-corrected chi connectivity index (χ3v) is 4.46. The maximum Gasteiger partial charge on any atom is 0.259 e. The largest absolute Gasteiger partial charge is 0.339 e. The van der Waals surface area contributed by atoms with Crippen molar-refractivity contribution in [2.24, 2.45) is 0 Å². The Bertz CT molecular complexity index is 1030. The molecule has 0 aliphatic carbocycles. The molecule has 29 heavy (non-hydrogen) atoms. The summed E-state index contributed by atoms with van der Waals surface area (Å²) < 4.78 is 28.9. The SMILES string of the molecule is CCN(CC)C(=O)c1cnn(-c2ccccc2)c1NC(=O)c1cc(F)ccc1F. The normalized spacial score (nSPS) is 10.6. The number of hydrogen-bond acceptors (Lipinski definition) is 3. The molecule has 0 atom stereocenters. The maximum atomic E-state index is 14.0. The molecule has 1 N–H and O–H groups in total. The minimum Gasteiger partial charge on any atom is -0.339 e. The Morgan fingerprint density at radius 1 is 1.03 bits per heavy atom. The molecule has 3 aromatic rings. The van der Waals surface area contributed by atoms with E-state index in [2.05, 4.69) is 10.4 Å². The van der Waals surface area contributed by atoms with E-state index in [0.29, 0.717) is 18.8 Å². The summed E-state index contributed by atoms with van der Waals surface area (Å²) in [5.41, 5.74) is 0.288. The minimum atomic E-state index is -0.881. The first-order chi connectivity index (χ1) is 14.0. The lowest BCUT2D eigenvalue weighted by Gasteiger charge is -2.19. The van der Waals surface area contributed by atoms with Gasteiger partial charge in [-0.25, -0.2) is 13.5 Å². The number of amides is 2. The predicted octanol–water partition coefficient (Wildman–Crippen LogP) is 3.88. The first kappa shape index (κ1) is 20.2. The second-order valence-corrected chi connectivity index (χ2v) is 6.21. The van der Waals surface area contributed by atoms with E-state index in [1.54, 1.807) is 29.2 Å². The van der Waals surface area contributed by atoms with Crippen LogP contribution in [0, 0.1) is 11.6 Å². The third-order valence-electron chi connectivity index (χ3n) is 4.46. The lowest BCUT2D eigenvalue weighted by atomic mass is 10.2. The number of benzene rings is 2. The van der Waals surface area contributed by atoms with Gasteiger partial charge in [-0.1, -0.05) is 18.2 Å². The molecule has 1 heterocycles. The number of halogens is 2. The molecule has 0 spiro atoms. The molecule has 150 valence electrons. The number of nitrogens with one attached hydrogen (secondary N) is 1. The van der Waals surface area contributed by atoms with Crippen molar-refractivity contribution in [1.29, 1.82) is 0 Å². The molecule has 0 aliphatic rings. The average Bonchev–Trinajstić information content (AvgIpc) is 3.14. The highest BCUT2D eigenvalue weighted by Gasteiger charge is 2.24. The summed E-state index contributed by atoms with van der Waals surface area (Å²) in [6, 6.07) is 11.5. The van der Waals surface area contributed by atoms with E-state index < -0.39 is 23.1 Å². The highest BCUT2D eigenvalue weighted by atomic mass is 19.1. The Morgan fingerprint density at radius 3 is 2.38 bits per heavy atom. The summed E-state index contributed by atoms with van der Waals surface area (Å²) in [6.07, 6.45) is 1.35. The van der Waals surface area contributed by atoms with Crippen molar-refractivity contribution in [2.45, 2.75) is 13.8 Å². The van der Waals surface area contributed by atoms with Crippen molar-refractivity contribution in [3.8, 4) is 5.69 Å². The van der Waals surface area contributed by atoms with Gasteiger partial charge >= 0.3 is 0 Å². The maximum absolute atomic E-state index is 14.0. The van der Waals surface area contributed by atoms with Gasteiger partial charge in [-0.3, -0.25) is 9.59 Å². The molecule has 3 rings (SSSR count). The molecule has 8 heteroatoms. The highest BCUT2D eigenvalue weighted by Crippen LogP contribution is 2.23. The topological polar surface area (TPSA) is 67.2 Å². The van der Waals surface area contributed by atoms with Gasteiger partial charge in [0.25, 0.3) is 11.8 Å². The monoisotopic (exact) mass is 398 g/mol. The fourth-order valence-corrected chi connectivity index (χ4v) is 2.92. The van der Waals surface area contributed by atoms with Gasteiger partial charge in [-0.15, -0.1) is 0 Å². The van der Waals surface area contributed by atoms with E-state index in [-0.39, 0.29) is 17.3 Å². The molecule has 2 aromatic carbocycles. The molecule has 0 saturated carbocycles. The van der Waals surface area contributed by atoms with Crippen LogP contribution in [0.3, 0.4) is 0 Å². The van der Waals surface area contributed by atoms with Gasteiger partial charge in [0, 0.05) is 13.1 Å². The van der Waals surface area contributed by atoms with Crippen LogP contribution in [0.4, 0.5) is 14.6 Å². The zero-order chi connectivity index (χ0) is 21.0. The van der Waals surface area contributed by atoms with E-state index in [1.807, 2.05) is 19.9 Å². The number of carbonyl (C=O) groups excluding carboxylic acids is 2. The molecule has 0 unspecified atom stereocenters. The van der Waals surface area contributed by atoms with Crippen molar-refractivity contribution in [3.63, 3.8) is 0 Å². The first-order valence-electron chi connectivity index (χ1n) is 9.15. The smallest absolute Gasteiger partial charge is 0.259 e. The van der Waals surface area contributed by atoms with Crippen molar-refractivity contribution in [1.82, 2.24) is 14.7 Å². The summed E-state index contributed by atoms with van der Waals surface area (Å²) in [5.74, 6) is -2.74. The van der Waals surface area contributed by atoms with Crippen molar-refractivity contribution < 1.29 is 18.4 Å². The molecule has 0 fully saturated rings. The van der Waals surface area contributed by atoms with Gasteiger partial charge in [0.05, 0.1) is 17.4 Å². The van der Waals surface area contributed by atoms with Crippen LogP contribution < -0.4 is 5.32 Å². The number of hydrogen-bond donors (Lipinski definition) is 1. The lowest BCUT2D eigenvalue weighted by Crippen LogP contribution is -2.31. The molecule has 0 saturated heterocycles. The van der Waals surface area contributed by atoms with Crippen LogP contribution in [0.15, 0.2) is 54.7 Å². The molecular weight excluding hydrogens is 378 g/mol. The third kappa shape index (κ3) is 4.16. The molecule has 0 bridgehead atoms. The number of anilines is 1. The van der Waals surface area contributed by atoms with Gasteiger partial charge in [0.2, 0.25) is 0 Å². The van der Waals surface area contributed by atoms with E-state index in [1.165, 1.54) is 10.9 Å². The Balaban J connectivity index is 2.07. The second kappa shape index (κ2) is 8.64. The van der Waals surface area contributed by atoms with Crippen LogP contribution >= 0.6 is 0 Å². The fraction of sp³-hybridized carbons (Fsp3) is 0.190. The van der Waals surface area contributed by atoms with Crippen LogP contribution in [0.2, 0.25) is 0 Å². The Hall–Kier alpha value is -3.55. The van der Waals surface area contributed by atoms with Crippen LogP contribution in [0.25, 0.3) is 5.69 Å². The quantitative estimate of drug-likeness (QED) is 0.685. The zero-order valence-corrected chi connectivity index (χ0v) is 16.0. The number of nitrogens with zero attached hydrogens (tertiary/aromatic N) is 3. The Morgan fingerprint density at radius 2 is 1.72 bits per heavy atom. The average molecular weight is 398 g/mol. The summed E-state index contributed by atoms with van der Waals surface area (Å²) in [5, 5.41) is 6.77. The van der Waals surface area contributed by atoms with E-state index in [0.717, 1.165) is 18.2 Å². The first-order valence-corrected chi connectivity index (χ1v) is 9.15. The Labute approximate surface area is 166 Å².